The molecule has 0 aromatic carbocycles. The number of rotatable bonds is 6. The van der Waals surface area contributed by atoms with Gasteiger partial charge in [0.25, 0.3) is 0 Å². The standard InChI is InChI=1S/C9H18N4/c1-8(2)11-4-3-10-5-9-6-12-13-7-9/h6-8,10-11H,3-5H2,1-2H3,(H,12,13). The van der Waals surface area contributed by atoms with Crippen LogP contribution in [0.15, 0.2) is 12.4 Å². The fourth-order valence-corrected chi connectivity index (χ4v) is 1.06. The summed E-state index contributed by atoms with van der Waals surface area (Å²) in [6.07, 6.45) is 3.74. The zero-order valence-electron chi connectivity index (χ0n) is 8.30. The van der Waals surface area contributed by atoms with Gasteiger partial charge >= 0.3 is 0 Å². The van der Waals surface area contributed by atoms with Gasteiger partial charge in [0.1, 0.15) is 0 Å². The van der Waals surface area contributed by atoms with Crippen LogP contribution in [-0.4, -0.2) is 29.3 Å². The summed E-state index contributed by atoms with van der Waals surface area (Å²) in [5.74, 6) is 0. The maximum Gasteiger partial charge on any atom is 0.0532 e. The Bertz CT molecular complexity index is 205. The van der Waals surface area contributed by atoms with Gasteiger partial charge in [0, 0.05) is 37.4 Å². The lowest BCUT2D eigenvalue weighted by atomic mass is 10.3. The lowest BCUT2D eigenvalue weighted by molar-refractivity contribution is 0.556. The van der Waals surface area contributed by atoms with Gasteiger partial charge in [-0.25, -0.2) is 0 Å². The molecule has 0 saturated carbocycles. The highest BCUT2D eigenvalue weighted by Crippen LogP contribution is 1.90. The Morgan fingerprint density at radius 3 is 2.92 bits per heavy atom. The minimum atomic E-state index is 0.565. The van der Waals surface area contributed by atoms with Crippen LogP contribution in [0.1, 0.15) is 19.4 Å². The molecule has 13 heavy (non-hydrogen) atoms. The topological polar surface area (TPSA) is 52.7 Å². The Hall–Kier alpha value is -0.870. The fraction of sp³-hybridized carbons (Fsp3) is 0.667. The molecule has 0 fully saturated rings. The predicted octanol–water partition coefficient (Wildman–Crippen LogP) is 0.497. The van der Waals surface area contributed by atoms with Gasteiger partial charge in [-0.15, -0.1) is 0 Å². The molecular formula is C9H18N4. The molecule has 1 heterocycles. The van der Waals surface area contributed by atoms with E-state index in [0.29, 0.717) is 6.04 Å². The highest BCUT2D eigenvalue weighted by atomic mass is 15.1. The van der Waals surface area contributed by atoms with Crippen molar-refractivity contribution in [1.29, 1.82) is 0 Å². The van der Waals surface area contributed by atoms with Crippen molar-refractivity contribution in [2.45, 2.75) is 26.4 Å². The minimum Gasteiger partial charge on any atom is -0.313 e. The van der Waals surface area contributed by atoms with Crippen LogP contribution in [0.2, 0.25) is 0 Å². The van der Waals surface area contributed by atoms with E-state index in [-0.39, 0.29) is 0 Å². The van der Waals surface area contributed by atoms with Crippen molar-refractivity contribution in [3.05, 3.63) is 18.0 Å². The third kappa shape index (κ3) is 4.65. The van der Waals surface area contributed by atoms with Crippen LogP contribution in [0.5, 0.6) is 0 Å². The molecule has 0 saturated heterocycles. The molecule has 0 unspecified atom stereocenters. The summed E-state index contributed by atoms with van der Waals surface area (Å²) < 4.78 is 0. The second kappa shape index (κ2) is 5.72. The van der Waals surface area contributed by atoms with Crippen LogP contribution in [0.3, 0.4) is 0 Å². The van der Waals surface area contributed by atoms with Crippen LogP contribution in [0.4, 0.5) is 0 Å². The van der Waals surface area contributed by atoms with E-state index in [1.54, 1.807) is 0 Å². The van der Waals surface area contributed by atoms with Crippen LogP contribution in [0.25, 0.3) is 0 Å². The first-order valence-corrected chi connectivity index (χ1v) is 4.71. The Kier molecular flexibility index (Phi) is 4.49. The summed E-state index contributed by atoms with van der Waals surface area (Å²) in [6.45, 7) is 7.18. The summed E-state index contributed by atoms with van der Waals surface area (Å²) in [4.78, 5) is 0. The number of hydrogen-bond donors (Lipinski definition) is 3. The van der Waals surface area contributed by atoms with Crippen molar-refractivity contribution in [3.8, 4) is 0 Å². The second-order valence-corrected chi connectivity index (χ2v) is 3.39. The van der Waals surface area contributed by atoms with Crippen molar-refractivity contribution < 1.29 is 0 Å². The number of aromatic nitrogens is 2. The van der Waals surface area contributed by atoms with Crippen LogP contribution in [0, 0.1) is 0 Å². The quantitative estimate of drug-likeness (QED) is 0.561. The average molecular weight is 182 g/mol. The van der Waals surface area contributed by atoms with E-state index in [0.717, 1.165) is 19.6 Å². The van der Waals surface area contributed by atoms with E-state index in [2.05, 4.69) is 34.7 Å². The molecule has 0 bridgehead atoms. The smallest absolute Gasteiger partial charge is 0.0532 e. The highest BCUT2D eigenvalue weighted by Gasteiger charge is 1.93. The van der Waals surface area contributed by atoms with E-state index in [1.165, 1.54) is 5.56 Å². The molecular weight excluding hydrogens is 164 g/mol. The second-order valence-electron chi connectivity index (χ2n) is 3.39. The molecule has 0 atom stereocenters. The van der Waals surface area contributed by atoms with E-state index in [1.807, 2.05) is 12.4 Å². The Morgan fingerprint density at radius 2 is 2.31 bits per heavy atom. The fourth-order valence-electron chi connectivity index (χ4n) is 1.06. The number of nitrogens with one attached hydrogen (secondary N) is 3. The van der Waals surface area contributed by atoms with E-state index in [4.69, 9.17) is 0 Å². The molecule has 1 aromatic heterocycles. The zero-order valence-corrected chi connectivity index (χ0v) is 8.30. The maximum atomic E-state index is 3.87. The van der Waals surface area contributed by atoms with Gasteiger partial charge in [-0.05, 0) is 0 Å². The molecule has 0 amide bonds. The van der Waals surface area contributed by atoms with Gasteiger partial charge in [-0.1, -0.05) is 13.8 Å². The number of aromatic amines is 1. The first-order valence-electron chi connectivity index (χ1n) is 4.71. The summed E-state index contributed by atoms with van der Waals surface area (Å²) in [6, 6.07) is 0.565. The van der Waals surface area contributed by atoms with Gasteiger partial charge in [-0.3, -0.25) is 5.10 Å². The van der Waals surface area contributed by atoms with Crippen molar-refractivity contribution in [2.75, 3.05) is 13.1 Å². The molecule has 4 nitrogen and oxygen atoms in total. The Labute approximate surface area is 79.1 Å². The normalized spacial score (nSPS) is 11.0. The Balaban J connectivity index is 1.96. The molecule has 3 N–H and O–H groups in total. The lowest BCUT2D eigenvalue weighted by Crippen LogP contribution is -2.31. The van der Waals surface area contributed by atoms with E-state index in [9.17, 15) is 0 Å². The molecule has 0 aliphatic carbocycles. The predicted molar refractivity (Wildman–Crippen MR) is 53.4 cm³/mol. The molecule has 4 heteroatoms. The molecule has 0 aliphatic rings. The van der Waals surface area contributed by atoms with Gasteiger partial charge in [0.05, 0.1) is 6.20 Å². The average Bonchev–Trinajstić information content (AvgIpc) is 2.55. The third-order valence-corrected chi connectivity index (χ3v) is 1.74. The summed E-state index contributed by atoms with van der Waals surface area (Å²) in [5.41, 5.74) is 1.20. The van der Waals surface area contributed by atoms with Crippen LogP contribution >= 0.6 is 0 Å². The maximum absolute atomic E-state index is 3.87. The monoisotopic (exact) mass is 182 g/mol. The van der Waals surface area contributed by atoms with Crippen molar-refractivity contribution in [2.24, 2.45) is 0 Å². The molecule has 0 radical (unpaired) electrons. The van der Waals surface area contributed by atoms with Crippen LogP contribution in [-0.2, 0) is 6.54 Å². The number of H-pyrrole nitrogens is 1. The van der Waals surface area contributed by atoms with Crippen molar-refractivity contribution >= 4 is 0 Å². The van der Waals surface area contributed by atoms with Gasteiger partial charge in [0.15, 0.2) is 0 Å². The van der Waals surface area contributed by atoms with Gasteiger partial charge < -0.3 is 10.6 Å². The van der Waals surface area contributed by atoms with Gasteiger partial charge in [0.2, 0.25) is 0 Å². The molecule has 0 spiro atoms. The lowest BCUT2D eigenvalue weighted by Gasteiger charge is -2.07. The molecule has 0 aliphatic heterocycles. The third-order valence-electron chi connectivity index (χ3n) is 1.74. The Morgan fingerprint density at radius 1 is 1.46 bits per heavy atom. The summed E-state index contributed by atoms with van der Waals surface area (Å²) in [7, 11) is 0. The number of nitrogens with zero attached hydrogens (tertiary/aromatic N) is 1. The van der Waals surface area contributed by atoms with Crippen molar-refractivity contribution in [3.63, 3.8) is 0 Å². The molecule has 1 rings (SSSR count). The minimum absolute atomic E-state index is 0.565. The van der Waals surface area contributed by atoms with Crippen LogP contribution < -0.4 is 10.6 Å². The molecule has 1 aromatic rings. The van der Waals surface area contributed by atoms with Crippen molar-refractivity contribution in [1.82, 2.24) is 20.8 Å². The zero-order chi connectivity index (χ0) is 9.52. The highest BCUT2D eigenvalue weighted by molar-refractivity contribution is 5.01. The molecule has 74 valence electrons. The summed E-state index contributed by atoms with van der Waals surface area (Å²) >= 11 is 0. The number of hydrogen-bond acceptors (Lipinski definition) is 3. The first kappa shape index (κ1) is 10.2. The van der Waals surface area contributed by atoms with E-state index >= 15 is 0 Å². The van der Waals surface area contributed by atoms with Gasteiger partial charge in [-0.2, -0.15) is 5.10 Å². The van der Waals surface area contributed by atoms with E-state index < -0.39 is 0 Å². The largest absolute Gasteiger partial charge is 0.313 e. The SMILES string of the molecule is CC(C)NCCNCc1cn[nH]c1. The first-order chi connectivity index (χ1) is 6.29. The summed E-state index contributed by atoms with van der Waals surface area (Å²) in [5, 5.41) is 13.3.